The molecule has 20 heavy (non-hydrogen) atoms. The van der Waals surface area contributed by atoms with E-state index in [0.29, 0.717) is 6.04 Å². The van der Waals surface area contributed by atoms with Crippen LogP contribution in [0, 0.1) is 0 Å². The molecule has 2 unspecified atom stereocenters. The normalized spacial score (nSPS) is 15.1. The summed E-state index contributed by atoms with van der Waals surface area (Å²) in [6, 6.07) is 9.41. The second-order valence-electron chi connectivity index (χ2n) is 6.66. The monoisotopic (exact) mass is 277 g/mol. The van der Waals surface area contributed by atoms with E-state index in [-0.39, 0.29) is 11.5 Å². The molecule has 0 saturated heterocycles. The molecule has 0 saturated carbocycles. The average molecular weight is 277 g/mol. The molecule has 0 amide bonds. The van der Waals surface area contributed by atoms with Crippen LogP contribution in [0.2, 0.25) is 0 Å². The number of methoxy groups -OCH3 is 1. The summed E-state index contributed by atoms with van der Waals surface area (Å²) in [5.74, 6) is 0. The van der Waals surface area contributed by atoms with Crippen molar-refractivity contribution >= 4 is 0 Å². The van der Waals surface area contributed by atoms with Crippen molar-refractivity contribution < 1.29 is 4.74 Å². The van der Waals surface area contributed by atoms with Crippen LogP contribution in [0.4, 0.5) is 0 Å². The van der Waals surface area contributed by atoms with Gasteiger partial charge in [-0.25, -0.2) is 0 Å². The zero-order chi connectivity index (χ0) is 15.2. The molecule has 1 rings (SSSR count). The molecule has 2 heteroatoms. The SMILES string of the molecule is CCCNC(CC(C)OC)c1ccc(C(C)(C)C)cc1. The van der Waals surface area contributed by atoms with E-state index in [2.05, 4.69) is 64.2 Å². The van der Waals surface area contributed by atoms with Gasteiger partial charge in [-0.15, -0.1) is 0 Å². The second-order valence-corrected chi connectivity index (χ2v) is 6.66. The lowest BCUT2D eigenvalue weighted by Gasteiger charge is -2.24. The van der Waals surface area contributed by atoms with Crippen LogP contribution >= 0.6 is 0 Å². The molecule has 1 N–H and O–H groups in total. The van der Waals surface area contributed by atoms with Crippen LogP contribution in [-0.4, -0.2) is 19.8 Å². The van der Waals surface area contributed by atoms with Crippen molar-refractivity contribution in [2.24, 2.45) is 0 Å². The number of rotatable bonds is 7. The topological polar surface area (TPSA) is 21.3 Å². The first-order chi connectivity index (χ1) is 9.38. The van der Waals surface area contributed by atoms with Crippen LogP contribution in [-0.2, 0) is 10.2 Å². The van der Waals surface area contributed by atoms with Gasteiger partial charge in [-0.1, -0.05) is 52.0 Å². The van der Waals surface area contributed by atoms with Crippen molar-refractivity contribution in [3.8, 4) is 0 Å². The average Bonchev–Trinajstić information content (AvgIpc) is 2.42. The molecule has 0 aliphatic carbocycles. The maximum atomic E-state index is 5.42. The Balaban J connectivity index is 2.84. The van der Waals surface area contributed by atoms with Crippen LogP contribution in [0.5, 0.6) is 0 Å². The van der Waals surface area contributed by atoms with Crippen molar-refractivity contribution in [2.75, 3.05) is 13.7 Å². The predicted molar refractivity (Wildman–Crippen MR) is 87.3 cm³/mol. The van der Waals surface area contributed by atoms with Crippen molar-refractivity contribution in [3.05, 3.63) is 35.4 Å². The third-order valence-electron chi connectivity index (χ3n) is 3.79. The summed E-state index contributed by atoms with van der Waals surface area (Å²) in [6.45, 7) is 12.1. The van der Waals surface area contributed by atoms with E-state index in [9.17, 15) is 0 Å². The molecule has 0 aromatic heterocycles. The highest BCUT2D eigenvalue weighted by molar-refractivity contribution is 5.29. The lowest BCUT2D eigenvalue weighted by Crippen LogP contribution is -2.26. The number of hydrogen-bond donors (Lipinski definition) is 1. The standard InChI is InChI=1S/C18H31NO/c1-7-12-19-17(13-14(2)20-6)15-8-10-16(11-9-15)18(3,4)5/h8-11,14,17,19H,7,12-13H2,1-6H3. The quantitative estimate of drug-likeness (QED) is 0.795. The Kier molecular flexibility index (Phi) is 6.70. The van der Waals surface area contributed by atoms with Gasteiger partial charge in [-0.05, 0) is 42.9 Å². The van der Waals surface area contributed by atoms with Gasteiger partial charge < -0.3 is 10.1 Å². The minimum atomic E-state index is 0.213. The number of hydrogen-bond acceptors (Lipinski definition) is 2. The smallest absolute Gasteiger partial charge is 0.0561 e. The molecule has 2 nitrogen and oxygen atoms in total. The van der Waals surface area contributed by atoms with Crippen LogP contribution < -0.4 is 5.32 Å². The molecule has 1 aromatic carbocycles. The molecule has 0 spiro atoms. The maximum Gasteiger partial charge on any atom is 0.0561 e. The highest BCUT2D eigenvalue weighted by Crippen LogP contribution is 2.25. The fourth-order valence-electron chi connectivity index (χ4n) is 2.30. The minimum absolute atomic E-state index is 0.213. The number of benzene rings is 1. The first-order valence-electron chi connectivity index (χ1n) is 7.75. The zero-order valence-electron chi connectivity index (χ0n) is 14.0. The molecule has 114 valence electrons. The van der Waals surface area contributed by atoms with Crippen molar-refractivity contribution in [1.82, 2.24) is 5.32 Å². The zero-order valence-corrected chi connectivity index (χ0v) is 14.0. The largest absolute Gasteiger partial charge is 0.382 e. The summed E-state index contributed by atoms with van der Waals surface area (Å²) >= 11 is 0. The van der Waals surface area contributed by atoms with Crippen molar-refractivity contribution in [1.29, 1.82) is 0 Å². The molecule has 1 aromatic rings. The fraction of sp³-hybridized carbons (Fsp3) is 0.667. The Labute approximate surface area is 124 Å². The molecule has 0 bridgehead atoms. The summed E-state index contributed by atoms with van der Waals surface area (Å²) in [5, 5.41) is 3.63. The van der Waals surface area contributed by atoms with Crippen LogP contribution in [0.1, 0.15) is 64.6 Å². The summed E-state index contributed by atoms with van der Waals surface area (Å²) in [4.78, 5) is 0. The molecule has 0 fully saturated rings. The molecule has 0 radical (unpaired) electrons. The van der Waals surface area contributed by atoms with Crippen LogP contribution in [0.25, 0.3) is 0 Å². The van der Waals surface area contributed by atoms with Gasteiger partial charge in [0.15, 0.2) is 0 Å². The minimum Gasteiger partial charge on any atom is -0.382 e. The molecular weight excluding hydrogens is 246 g/mol. The van der Waals surface area contributed by atoms with Gasteiger partial charge in [-0.2, -0.15) is 0 Å². The number of ether oxygens (including phenoxy) is 1. The fourth-order valence-corrected chi connectivity index (χ4v) is 2.30. The maximum absolute atomic E-state index is 5.42. The highest BCUT2D eigenvalue weighted by atomic mass is 16.5. The highest BCUT2D eigenvalue weighted by Gasteiger charge is 2.17. The van der Waals surface area contributed by atoms with Gasteiger partial charge in [0.2, 0.25) is 0 Å². The lowest BCUT2D eigenvalue weighted by atomic mass is 9.86. The lowest BCUT2D eigenvalue weighted by molar-refractivity contribution is 0.100. The van der Waals surface area contributed by atoms with Gasteiger partial charge in [0.1, 0.15) is 0 Å². The van der Waals surface area contributed by atoms with Gasteiger partial charge in [0.25, 0.3) is 0 Å². The Morgan fingerprint density at radius 3 is 2.20 bits per heavy atom. The number of nitrogens with one attached hydrogen (secondary N) is 1. The van der Waals surface area contributed by atoms with E-state index in [1.54, 1.807) is 7.11 Å². The van der Waals surface area contributed by atoms with E-state index in [4.69, 9.17) is 4.74 Å². The predicted octanol–water partition coefficient (Wildman–Crippen LogP) is 4.45. The van der Waals surface area contributed by atoms with Gasteiger partial charge in [0.05, 0.1) is 6.10 Å². The first-order valence-corrected chi connectivity index (χ1v) is 7.75. The van der Waals surface area contributed by atoms with Gasteiger partial charge >= 0.3 is 0 Å². The molecule has 0 heterocycles. The molecule has 0 aliphatic heterocycles. The van der Waals surface area contributed by atoms with E-state index < -0.39 is 0 Å². The Hall–Kier alpha value is -0.860. The summed E-state index contributed by atoms with van der Waals surface area (Å²) in [6.07, 6.45) is 2.43. The van der Waals surface area contributed by atoms with E-state index >= 15 is 0 Å². The molecule has 2 atom stereocenters. The summed E-state index contributed by atoms with van der Waals surface area (Å²) < 4.78 is 5.42. The van der Waals surface area contributed by atoms with Crippen LogP contribution in [0.15, 0.2) is 24.3 Å². The van der Waals surface area contributed by atoms with Crippen LogP contribution in [0.3, 0.4) is 0 Å². The summed E-state index contributed by atoms with van der Waals surface area (Å²) in [7, 11) is 1.78. The van der Waals surface area contributed by atoms with Crippen molar-refractivity contribution in [2.45, 2.75) is 65.0 Å². The van der Waals surface area contributed by atoms with E-state index in [1.807, 2.05) is 0 Å². The summed E-state index contributed by atoms with van der Waals surface area (Å²) in [5.41, 5.74) is 2.95. The second kappa shape index (κ2) is 7.80. The Bertz CT molecular complexity index is 377. The third kappa shape index (κ3) is 5.26. The Morgan fingerprint density at radius 1 is 1.15 bits per heavy atom. The van der Waals surface area contributed by atoms with E-state index in [1.165, 1.54) is 11.1 Å². The molecular formula is C18H31NO. The molecule has 0 aliphatic rings. The van der Waals surface area contributed by atoms with Crippen molar-refractivity contribution in [3.63, 3.8) is 0 Å². The Morgan fingerprint density at radius 2 is 1.75 bits per heavy atom. The van der Waals surface area contributed by atoms with Gasteiger partial charge in [-0.3, -0.25) is 0 Å². The van der Waals surface area contributed by atoms with E-state index in [0.717, 1.165) is 19.4 Å². The third-order valence-corrected chi connectivity index (χ3v) is 3.79. The van der Waals surface area contributed by atoms with Gasteiger partial charge in [0, 0.05) is 13.2 Å². The first kappa shape index (κ1) is 17.2.